The second kappa shape index (κ2) is 10.1. The standard InChI is InChI=1S/C21H29N3O4/c25-19(24-14-6-8-16-7-4-5-11-18(16)24)15-28-20(26)12-13-22-21(27)23-17-9-2-1-3-10-17/h1-3,9-10,16,18H,4-8,11-15H2,(H2,22,23,27)/t16-,18+/m0/s1. The number of hydrogen-bond donors (Lipinski definition) is 2. The molecule has 1 saturated heterocycles. The Morgan fingerprint density at radius 1 is 1.04 bits per heavy atom. The number of para-hydroxylation sites is 1. The van der Waals surface area contributed by atoms with Crippen LogP contribution in [0.4, 0.5) is 10.5 Å². The number of nitrogens with zero attached hydrogens (tertiary/aromatic N) is 1. The van der Waals surface area contributed by atoms with E-state index in [-0.39, 0.29) is 31.5 Å². The number of rotatable bonds is 6. The number of benzene rings is 1. The molecule has 7 heteroatoms. The predicted octanol–water partition coefficient (Wildman–Crippen LogP) is 2.92. The highest BCUT2D eigenvalue weighted by atomic mass is 16.5. The molecule has 1 aliphatic carbocycles. The molecule has 0 radical (unpaired) electrons. The first kappa shape index (κ1) is 20.2. The van der Waals surface area contributed by atoms with E-state index in [1.165, 1.54) is 25.7 Å². The molecule has 3 amide bonds. The summed E-state index contributed by atoms with van der Waals surface area (Å²) in [6.45, 7) is 0.705. The van der Waals surface area contributed by atoms with Crippen molar-refractivity contribution < 1.29 is 19.1 Å². The molecule has 0 aromatic heterocycles. The highest BCUT2D eigenvalue weighted by molar-refractivity contribution is 5.89. The summed E-state index contributed by atoms with van der Waals surface area (Å²) < 4.78 is 5.14. The number of ether oxygens (including phenoxy) is 1. The molecule has 2 N–H and O–H groups in total. The molecule has 1 saturated carbocycles. The van der Waals surface area contributed by atoms with Crippen molar-refractivity contribution >= 4 is 23.6 Å². The summed E-state index contributed by atoms with van der Waals surface area (Å²) >= 11 is 0. The fraction of sp³-hybridized carbons (Fsp3) is 0.571. The zero-order valence-corrected chi connectivity index (χ0v) is 16.2. The topological polar surface area (TPSA) is 87.7 Å². The normalized spacial score (nSPS) is 21.4. The van der Waals surface area contributed by atoms with Gasteiger partial charge in [-0.2, -0.15) is 0 Å². The molecule has 0 unspecified atom stereocenters. The first-order valence-electron chi connectivity index (χ1n) is 10.2. The quantitative estimate of drug-likeness (QED) is 0.735. The fourth-order valence-corrected chi connectivity index (χ4v) is 4.21. The van der Waals surface area contributed by atoms with Gasteiger partial charge >= 0.3 is 12.0 Å². The van der Waals surface area contributed by atoms with Gasteiger partial charge in [-0.05, 0) is 43.7 Å². The highest BCUT2D eigenvalue weighted by Gasteiger charge is 2.35. The van der Waals surface area contributed by atoms with Crippen LogP contribution in [0.1, 0.15) is 44.9 Å². The van der Waals surface area contributed by atoms with Gasteiger partial charge in [-0.1, -0.05) is 31.0 Å². The maximum absolute atomic E-state index is 12.5. The molecular weight excluding hydrogens is 358 g/mol. The third kappa shape index (κ3) is 5.71. The first-order chi connectivity index (χ1) is 13.6. The minimum atomic E-state index is -0.481. The van der Waals surface area contributed by atoms with Gasteiger partial charge in [-0.15, -0.1) is 0 Å². The Balaban J connectivity index is 1.33. The molecule has 1 heterocycles. The van der Waals surface area contributed by atoms with E-state index in [9.17, 15) is 14.4 Å². The maximum atomic E-state index is 12.5. The summed E-state index contributed by atoms with van der Waals surface area (Å²) in [6, 6.07) is 8.99. The Kier molecular flexibility index (Phi) is 7.28. The Morgan fingerprint density at radius 3 is 2.61 bits per heavy atom. The van der Waals surface area contributed by atoms with Crippen LogP contribution in [0, 0.1) is 5.92 Å². The lowest BCUT2D eigenvalue weighted by Crippen LogP contribution is -2.50. The Morgan fingerprint density at radius 2 is 1.79 bits per heavy atom. The third-order valence-electron chi connectivity index (χ3n) is 5.57. The van der Waals surface area contributed by atoms with Crippen LogP contribution in [0.2, 0.25) is 0 Å². The molecule has 1 aliphatic heterocycles. The molecule has 2 fully saturated rings. The van der Waals surface area contributed by atoms with E-state index in [1.807, 2.05) is 23.1 Å². The number of carbonyl (C=O) groups excluding carboxylic acids is 3. The maximum Gasteiger partial charge on any atom is 0.319 e. The van der Waals surface area contributed by atoms with Gasteiger partial charge in [0.25, 0.3) is 5.91 Å². The largest absolute Gasteiger partial charge is 0.456 e. The van der Waals surface area contributed by atoms with Gasteiger partial charge in [-0.3, -0.25) is 9.59 Å². The number of carbonyl (C=O) groups is 3. The van der Waals surface area contributed by atoms with E-state index in [2.05, 4.69) is 10.6 Å². The van der Waals surface area contributed by atoms with Gasteiger partial charge in [0.1, 0.15) is 0 Å². The van der Waals surface area contributed by atoms with Crippen molar-refractivity contribution in [2.24, 2.45) is 5.92 Å². The number of hydrogen-bond acceptors (Lipinski definition) is 4. The van der Waals surface area contributed by atoms with Crippen molar-refractivity contribution in [1.82, 2.24) is 10.2 Å². The number of urea groups is 1. The second-order valence-electron chi connectivity index (χ2n) is 7.50. The number of piperidine rings is 1. The molecule has 28 heavy (non-hydrogen) atoms. The molecule has 7 nitrogen and oxygen atoms in total. The van der Waals surface area contributed by atoms with E-state index in [0.29, 0.717) is 17.6 Å². The summed E-state index contributed by atoms with van der Waals surface area (Å²) in [4.78, 5) is 38.1. The van der Waals surface area contributed by atoms with Crippen molar-refractivity contribution in [2.45, 2.75) is 51.0 Å². The first-order valence-corrected chi connectivity index (χ1v) is 10.2. The van der Waals surface area contributed by atoms with Gasteiger partial charge in [-0.25, -0.2) is 4.79 Å². The molecule has 0 bridgehead atoms. The van der Waals surface area contributed by atoms with Crippen molar-refractivity contribution in [2.75, 3.05) is 25.0 Å². The van der Waals surface area contributed by atoms with Crippen LogP contribution < -0.4 is 10.6 Å². The predicted molar refractivity (Wildman–Crippen MR) is 106 cm³/mol. The van der Waals surface area contributed by atoms with Gasteiger partial charge in [0.05, 0.1) is 6.42 Å². The number of nitrogens with one attached hydrogen (secondary N) is 2. The monoisotopic (exact) mass is 387 g/mol. The minimum Gasteiger partial charge on any atom is -0.456 e. The molecule has 1 aromatic carbocycles. The smallest absolute Gasteiger partial charge is 0.319 e. The molecule has 1 aromatic rings. The summed E-state index contributed by atoms with van der Waals surface area (Å²) in [5.41, 5.74) is 0.677. The number of esters is 1. The Labute approximate surface area is 165 Å². The van der Waals surface area contributed by atoms with Crippen molar-refractivity contribution in [3.8, 4) is 0 Å². The lowest BCUT2D eigenvalue weighted by Gasteiger charge is -2.44. The molecule has 0 spiro atoms. The SMILES string of the molecule is O=C(NCCC(=O)OCC(=O)N1CCC[C@@H]2CCCC[C@H]21)Nc1ccccc1. The van der Waals surface area contributed by atoms with E-state index >= 15 is 0 Å². The highest BCUT2D eigenvalue weighted by Crippen LogP contribution is 2.35. The Bertz CT molecular complexity index is 677. The summed E-state index contributed by atoms with van der Waals surface area (Å²) in [6.07, 6.45) is 6.94. The van der Waals surface area contributed by atoms with Crippen LogP contribution in [0.5, 0.6) is 0 Å². The lowest BCUT2D eigenvalue weighted by atomic mass is 9.78. The van der Waals surface area contributed by atoms with E-state index in [4.69, 9.17) is 4.74 Å². The summed E-state index contributed by atoms with van der Waals surface area (Å²) in [5.74, 6) is 0.0276. The number of anilines is 1. The van der Waals surface area contributed by atoms with E-state index < -0.39 is 5.97 Å². The summed E-state index contributed by atoms with van der Waals surface area (Å²) in [7, 11) is 0. The van der Waals surface area contributed by atoms with Crippen LogP contribution in [-0.2, 0) is 14.3 Å². The van der Waals surface area contributed by atoms with Crippen molar-refractivity contribution in [3.63, 3.8) is 0 Å². The lowest BCUT2D eigenvalue weighted by molar-refractivity contribution is -0.154. The molecule has 3 rings (SSSR count). The van der Waals surface area contributed by atoms with Crippen molar-refractivity contribution in [3.05, 3.63) is 30.3 Å². The van der Waals surface area contributed by atoms with E-state index in [0.717, 1.165) is 19.4 Å². The van der Waals surface area contributed by atoms with Gasteiger partial charge in [0.15, 0.2) is 6.61 Å². The van der Waals surface area contributed by atoms with Crippen LogP contribution in [0.3, 0.4) is 0 Å². The fourth-order valence-electron chi connectivity index (χ4n) is 4.21. The van der Waals surface area contributed by atoms with Crippen molar-refractivity contribution in [1.29, 1.82) is 0 Å². The Hall–Kier alpha value is -2.57. The zero-order valence-electron chi connectivity index (χ0n) is 16.2. The van der Waals surface area contributed by atoms with Gasteiger partial charge < -0.3 is 20.3 Å². The van der Waals surface area contributed by atoms with E-state index in [1.54, 1.807) is 12.1 Å². The minimum absolute atomic E-state index is 0.0293. The number of fused-ring (bicyclic) bond motifs is 1. The van der Waals surface area contributed by atoms with Crippen LogP contribution in [-0.4, -0.2) is 48.5 Å². The van der Waals surface area contributed by atoms with Gasteiger partial charge in [0, 0.05) is 24.8 Å². The van der Waals surface area contributed by atoms with Crippen LogP contribution >= 0.6 is 0 Å². The average Bonchev–Trinajstić information content (AvgIpc) is 2.72. The number of likely N-dealkylation sites (tertiary alicyclic amines) is 1. The van der Waals surface area contributed by atoms with Gasteiger partial charge in [0.2, 0.25) is 0 Å². The van der Waals surface area contributed by atoms with Crippen LogP contribution in [0.15, 0.2) is 30.3 Å². The molecular formula is C21H29N3O4. The van der Waals surface area contributed by atoms with Crippen LogP contribution in [0.25, 0.3) is 0 Å². The molecule has 2 aliphatic rings. The zero-order chi connectivity index (χ0) is 19.8. The molecule has 2 atom stereocenters. The second-order valence-corrected chi connectivity index (χ2v) is 7.50. The average molecular weight is 387 g/mol. The third-order valence-corrected chi connectivity index (χ3v) is 5.57. The number of amides is 3. The molecule has 152 valence electrons. The summed E-state index contributed by atoms with van der Waals surface area (Å²) in [5, 5.41) is 5.28.